The largest absolute Gasteiger partial charge is 0.425 e. The number of hydrogen-bond acceptors (Lipinski definition) is 5. The minimum atomic E-state index is -0.527. The Morgan fingerprint density at radius 3 is 2.90 bits per heavy atom. The summed E-state index contributed by atoms with van der Waals surface area (Å²) in [5, 5.41) is 14.2. The fourth-order valence-electron chi connectivity index (χ4n) is 2.26. The van der Waals surface area contributed by atoms with Crippen LogP contribution >= 0.6 is 0 Å². The van der Waals surface area contributed by atoms with Crippen LogP contribution in [0.25, 0.3) is 27.8 Å². The van der Waals surface area contributed by atoms with Crippen LogP contribution in [0.2, 0.25) is 0 Å². The molecule has 0 bridgehead atoms. The summed E-state index contributed by atoms with van der Waals surface area (Å²) in [6.45, 7) is 0. The Morgan fingerprint density at radius 2 is 2.10 bits per heavy atom. The molecule has 0 atom stereocenters. The van der Waals surface area contributed by atoms with E-state index in [-0.39, 0.29) is 0 Å². The second kappa shape index (κ2) is 4.14. The highest BCUT2D eigenvalue weighted by atomic mass is 16.5. The molecule has 0 radical (unpaired) electrons. The Hall–Kier alpha value is -3.22. The first-order chi connectivity index (χ1) is 10.2. The number of pyridine rings is 2. The molecule has 7 heteroatoms. The molecule has 0 aromatic carbocycles. The zero-order valence-electron chi connectivity index (χ0n) is 10.7. The van der Waals surface area contributed by atoms with Gasteiger partial charge in [-0.05, 0) is 18.2 Å². The second-order valence-corrected chi connectivity index (χ2v) is 4.56. The molecule has 0 unspecified atom stereocenters. The quantitative estimate of drug-likeness (QED) is 0.531. The van der Waals surface area contributed by atoms with Crippen LogP contribution in [0.4, 0.5) is 0 Å². The van der Waals surface area contributed by atoms with Gasteiger partial charge >= 0.3 is 0 Å². The summed E-state index contributed by atoms with van der Waals surface area (Å²) in [4.78, 5) is 20.1. The minimum absolute atomic E-state index is 0.299. The lowest BCUT2D eigenvalue weighted by atomic mass is 10.2. The van der Waals surface area contributed by atoms with Crippen LogP contribution in [0.5, 0.6) is 0 Å². The van der Waals surface area contributed by atoms with Crippen LogP contribution in [0, 0.1) is 0 Å². The van der Waals surface area contributed by atoms with E-state index in [4.69, 9.17) is 0 Å². The fourth-order valence-corrected chi connectivity index (χ4v) is 2.26. The van der Waals surface area contributed by atoms with E-state index in [2.05, 4.69) is 15.1 Å². The van der Waals surface area contributed by atoms with Crippen LogP contribution in [0.15, 0.2) is 53.8 Å². The number of rotatable bonds is 1. The van der Waals surface area contributed by atoms with Gasteiger partial charge in [-0.2, -0.15) is 9.83 Å². The zero-order chi connectivity index (χ0) is 14.4. The number of fused-ring (bicyclic) bond motifs is 3. The van der Waals surface area contributed by atoms with E-state index in [0.717, 1.165) is 11.3 Å². The second-order valence-electron chi connectivity index (χ2n) is 4.56. The number of nitrogens with zero attached hydrogens (tertiary/aromatic N) is 5. The first kappa shape index (κ1) is 11.6. The highest BCUT2D eigenvalue weighted by Crippen LogP contribution is 2.19. The summed E-state index contributed by atoms with van der Waals surface area (Å²) in [5.74, 6) is 0. The van der Waals surface area contributed by atoms with Gasteiger partial charge in [0.2, 0.25) is 0 Å². The SMILES string of the molecule is O=c1c2cnc3cc(-c4cccnc4)nn3c2ccn1O. The molecule has 4 heterocycles. The van der Waals surface area contributed by atoms with E-state index in [1.807, 2.05) is 18.2 Å². The van der Waals surface area contributed by atoms with Crippen LogP contribution in [-0.4, -0.2) is 29.5 Å². The van der Waals surface area contributed by atoms with Crippen molar-refractivity contribution in [2.24, 2.45) is 0 Å². The van der Waals surface area contributed by atoms with Gasteiger partial charge in [0.1, 0.15) is 0 Å². The smallest absolute Gasteiger partial charge is 0.293 e. The molecular weight excluding hydrogens is 270 g/mol. The Morgan fingerprint density at radius 1 is 1.19 bits per heavy atom. The number of aromatic nitrogens is 5. The maximum absolute atomic E-state index is 11.9. The van der Waals surface area contributed by atoms with Crippen molar-refractivity contribution in [1.82, 2.24) is 24.3 Å². The molecule has 21 heavy (non-hydrogen) atoms. The molecular formula is C14H9N5O2. The van der Waals surface area contributed by atoms with E-state index in [9.17, 15) is 10.0 Å². The molecule has 4 rings (SSSR count). The Bertz CT molecular complexity index is 1020. The highest BCUT2D eigenvalue weighted by molar-refractivity contribution is 5.80. The van der Waals surface area contributed by atoms with E-state index in [1.54, 1.807) is 23.0 Å². The third-order valence-corrected chi connectivity index (χ3v) is 3.29. The molecule has 4 aromatic rings. The molecule has 4 aromatic heterocycles. The maximum Gasteiger partial charge on any atom is 0.293 e. The fraction of sp³-hybridized carbons (Fsp3) is 0. The van der Waals surface area contributed by atoms with Crippen LogP contribution in [0.3, 0.4) is 0 Å². The number of hydrogen-bond donors (Lipinski definition) is 1. The van der Waals surface area contributed by atoms with Gasteiger partial charge in [0.15, 0.2) is 5.65 Å². The van der Waals surface area contributed by atoms with Crippen molar-refractivity contribution in [3.8, 4) is 11.3 Å². The predicted octanol–water partition coefficient (Wildman–Crippen LogP) is 1.34. The normalized spacial score (nSPS) is 11.2. The van der Waals surface area contributed by atoms with E-state index in [1.165, 1.54) is 12.4 Å². The molecule has 0 saturated heterocycles. The molecule has 0 fully saturated rings. The Labute approximate surface area is 117 Å². The lowest BCUT2D eigenvalue weighted by molar-refractivity contribution is 0.176. The van der Waals surface area contributed by atoms with Crippen LogP contribution < -0.4 is 5.56 Å². The molecule has 7 nitrogen and oxygen atoms in total. The van der Waals surface area contributed by atoms with Gasteiger partial charge in [-0.3, -0.25) is 9.78 Å². The maximum atomic E-state index is 11.9. The van der Waals surface area contributed by atoms with Crippen molar-refractivity contribution in [2.45, 2.75) is 0 Å². The van der Waals surface area contributed by atoms with Gasteiger partial charge in [0.25, 0.3) is 5.56 Å². The summed E-state index contributed by atoms with van der Waals surface area (Å²) in [6, 6.07) is 7.17. The molecule has 0 saturated carbocycles. The van der Waals surface area contributed by atoms with Crippen molar-refractivity contribution >= 4 is 16.6 Å². The van der Waals surface area contributed by atoms with Crippen LogP contribution in [-0.2, 0) is 0 Å². The predicted molar refractivity (Wildman–Crippen MR) is 75.2 cm³/mol. The van der Waals surface area contributed by atoms with E-state index < -0.39 is 5.56 Å². The Kier molecular flexibility index (Phi) is 2.28. The molecule has 0 aliphatic heterocycles. The topological polar surface area (TPSA) is 85.3 Å². The summed E-state index contributed by atoms with van der Waals surface area (Å²) in [5.41, 5.74) is 2.27. The third kappa shape index (κ3) is 1.68. The third-order valence-electron chi connectivity index (χ3n) is 3.29. The lowest BCUT2D eigenvalue weighted by Crippen LogP contribution is -2.17. The van der Waals surface area contributed by atoms with Gasteiger partial charge < -0.3 is 5.21 Å². The van der Waals surface area contributed by atoms with Crippen molar-refractivity contribution in [3.63, 3.8) is 0 Å². The minimum Gasteiger partial charge on any atom is -0.425 e. The molecule has 0 aliphatic rings. The van der Waals surface area contributed by atoms with Crippen molar-refractivity contribution in [3.05, 3.63) is 59.4 Å². The molecule has 1 N–H and O–H groups in total. The zero-order valence-corrected chi connectivity index (χ0v) is 10.7. The molecule has 0 spiro atoms. The van der Waals surface area contributed by atoms with Crippen molar-refractivity contribution < 1.29 is 5.21 Å². The monoisotopic (exact) mass is 279 g/mol. The first-order valence-electron chi connectivity index (χ1n) is 6.24. The summed E-state index contributed by atoms with van der Waals surface area (Å²) < 4.78 is 2.11. The average molecular weight is 279 g/mol. The summed E-state index contributed by atoms with van der Waals surface area (Å²) in [7, 11) is 0. The lowest BCUT2D eigenvalue weighted by Gasteiger charge is -2.01. The Balaban J connectivity index is 2.06. The molecule has 102 valence electrons. The highest BCUT2D eigenvalue weighted by Gasteiger charge is 2.10. The van der Waals surface area contributed by atoms with Gasteiger partial charge in [0.05, 0.1) is 16.6 Å². The van der Waals surface area contributed by atoms with E-state index >= 15 is 0 Å². The van der Waals surface area contributed by atoms with Gasteiger partial charge in [-0.1, -0.05) is 0 Å². The van der Waals surface area contributed by atoms with Crippen LogP contribution in [0.1, 0.15) is 0 Å². The molecule has 0 aliphatic carbocycles. The summed E-state index contributed by atoms with van der Waals surface area (Å²) >= 11 is 0. The van der Waals surface area contributed by atoms with Crippen molar-refractivity contribution in [1.29, 1.82) is 0 Å². The molecule has 0 amide bonds. The van der Waals surface area contributed by atoms with Gasteiger partial charge in [-0.15, -0.1) is 0 Å². The average Bonchev–Trinajstić information content (AvgIpc) is 2.96. The van der Waals surface area contributed by atoms with Crippen molar-refractivity contribution in [2.75, 3.05) is 0 Å². The van der Waals surface area contributed by atoms with E-state index in [0.29, 0.717) is 21.3 Å². The first-order valence-corrected chi connectivity index (χ1v) is 6.24. The van der Waals surface area contributed by atoms with Gasteiger partial charge in [-0.25, -0.2) is 9.50 Å². The standard InChI is InChI=1S/C14H9N5O2/c20-14-10-8-16-13-6-11(9-2-1-4-15-7-9)17-19(13)12(10)3-5-18(14)21/h1-8,21H. The summed E-state index contributed by atoms with van der Waals surface area (Å²) in [6.07, 6.45) is 6.13. The van der Waals surface area contributed by atoms with Gasteiger partial charge in [0, 0.05) is 36.4 Å².